The van der Waals surface area contributed by atoms with E-state index in [1.165, 1.54) is 0 Å². The van der Waals surface area contributed by atoms with Crippen molar-refractivity contribution in [1.29, 1.82) is 0 Å². The van der Waals surface area contributed by atoms with E-state index < -0.39 is 22.8 Å². The summed E-state index contributed by atoms with van der Waals surface area (Å²) in [7, 11) is 0. The molecule has 0 bridgehead atoms. The zero-order valence-corrected chi connectivity index (χ0v) is 19.3. The van der Waals surface area contributed by atoms with Crippen LogP contribution in [0.2, 0.25) is 0 Å². The second-order valence-electron chi connectivity index (χ2n) is 8.30. The van der Waals surface area contributed by atoms with Crippen molar-refractivity contribution >= 4 is 51.8 Å². The average Bonchev–Trinajstić information content (AvgIpc) is 3.27. The van der Waals surface area contributed by atoms with Crippen LogP contribution in [0.3, 0.4) is 0 Å². The van der Waals surface area contributed by atoms with E-state index in [2.05, 4.69) is 15.0 Å². The van der Waals surface area contributed by atoms with Crippen molar-refractivity contribution in [2.45, 2.75) is 42.2 Å². The van der Waals surface area contributed by atoms with Crippen LogP contribution in [0, 0.1) is 0 Å². The van der Waals surface area contributed by atoms with Crippen molar-refractivity contribution in [2.75, 3.05) is 33.0 Å². The molecule has 0 saturated carbocycles. The monoisotopic (exact) mass is 497 g/mol. The molecule has 1 atom stereocenters. The molecular formula is C23H28N3NaO6S. The van der Waals surface area contributed by atoms with Crippen LogP contribution in [-0.4, -0.2) is 93.7 Å². The van der Waals surface area contributed by atoms with Crippen molar-refractivity contribution in [3.63, 3.8) is 0 Å². The zero-order chi connectivity index (χ0) is 22.7. The Morgan fingerprint density at radius 1 is 1.12 bits per heavy atom. The summed E-state index contributed by atoms with van der Waals surface area (Å²) in [5, 5.41) is 0.438. The number of hydrogen-bond donors (Lipinski definition) is 1. The van der Waals surface area contributed by atoms with E-state index in [4.69, 9.17) is 23.7 Å². The van der Waals surface area contributed by atoms with Gasteiger partial charge in [0, 0.05) is 29.9 Å². The van der Waals surface area contributed by atoms with Gasteiger partial charge in [0.05, 0.1) is 36.5 Å². The van der Waals surface area contributed by atoms with Gasteiger partial charge in [-0.1, -0.05) is 12.1 Å². The fourth-order valence-corrected chi connectivity index (χ4v) is 4.74. The number of H-pyrrole nitrogens is 1. The van der Waals surface area contributed by atoms with E-state index in [1.807, 2.05) is 31.2 Å². The van der Waals surface area contributed by atoms with Gasteiger partial charge in [-0.05, 0) is 31.5 Å². The van der Waals surface area contributed by atoms with E-state index in [0.717, 1.165) is 17.5 Å². The number of nitrogens with one attached hydrogen (secondary N) is 1. The fraction of sp³-hybridized carbons (Fsp3) is 0.478. The molecule has 3 aromatic rings. The second kappa shape index (κ2) is 11.2. The Bertz CT molecular complexity index is 1050. The standard InChI is InChI=1S/C23H27N3O6S.Na.H/c1-22(31-15-23(16-32-22)29-10-4-11-30-23)8-12-28-18-7-9-24-17(13-18)14-33(27)21-25-19-5-2-3-6-20(19)26-21;;/h2-3,5-7,9,13H,4,8,10-12,14-16H2,1H3,(H,25,26);;. The number of nitrogens with zero attached hydrogens (tertiary/aromatic N) is 2. The van der Waals surface area contributed by atoms with Gasteiger partial charge in [-0.15, -0.1) is 0 Å². The van der Waals surface area contributed by atoms with Crippen LogP contribution in [0.5, 0.6) is 5.75 Å². The quantitative estimate of drug-likeness (QED) is 0.391. The molecule has 2 aliphatic heterocycles. The van der Waals surface area contributed by atoms with Crippen LogP contribution in [0.1, 0.15) is 25.5 Å². The van der Waals surface area contributed by atoms with Crippen LogP contribution in [0.4, 0.5) is 0 Å². The number of aromatic nitrogens is 3. The molecule has 2 aliphatic rings. The number of imidazole rings is 1. The first kappa shape index (κ1) is 25.9. The molecular weight excluding hydrogens is 469 g/mol. The number of ether oxygens (including phenoxy) is 5. The van der Waals surface area contributed by atoms with Crippen LogP contribution in [-0.2, 0) is 35.9 Å². The number of fused-ring (bicyclic) bond motifs is 1. The number of hydrogen-bond acceptors (Lipinski definition) is 8. The Labute approximate surface area is 223 Å². The zero-order valence-electron chi connectivity index (χ0n) is 18.5. The van der Waals surface area contributed by atoms with Crippen LogP contribution in [0.25, 0.3) is 11.0 Å². The van der Waals surface area contributed by atoms with Crippen LogP contribution in [0.15, 0.2) is 47.8 Å². The number of pyridine rings is 1. The van der Waals surface area contributed by atoms with Gasteiger partial charge < -0.3 is 28.2 Å². The number of para-hydroxylation sites is 2. The summed E-state index contributed by atoms with van der Waals surface area (Å²) in [6.45, 7) is 4.24. The van der Waals surface area contributed by atoms with E-state index >= 15 is 0 Å². The summed E-state index contributed by atoms with van der Waals surface area (Å²) >= 11 is -1.35. The van der Waals surface area contributed by atoms with Crippen molar-refractivity contribution in [3.8, 4) is 5.75 Å². The molecule has 1 aromatic carbocycles. The van der Waals surface area contributed by atoms with Crippen LogP contribution >= 0.6 is 0 Å². The van der Waals surface area contributed by atoms with E-state index in [9.17, 15) is 4.55 Å². The van der Waals surface area contributed by atoms with Gasteiger partial charge in [0.25, 0.3) is 0 Å². The van der Waals surface area contributed by atoms with E-state index in [1.54, 1.807) is 18.3 Å². The average molecular weight is 498 g/mol. The summed E-state index contributed by atoms with van der Waals surface area (Å²) in [5.41, 5.74) is 2.31. The first-order chi connectivity index (χ1) is 16.0. The predicted octanol–water partition coefficient (Wildman–Crippen LogP) is 2.28. The Kier molecular flexibility index (Phi) is 8.55. The third-order valence-corrected chi connectivity index (χ3v) is 6.87. The Balaban J connectivity index is 0.00000274. The van der Waals surface area contributed by atoms with E-state index in [0.29, 0.717) is 56.1 Å². The summed E-state index contributed by atoms with van der Waals surface area (Å²) in [6, 6.07) is 11.2. The van der Waals surface area contributed by atoms with Gasteiger partial charge in [0.15, 0.2) is 11.5 Å². The van der Waals surface area contributed by atoms with Gasteiger partial charge >= 0.3 is 34.7 Å². The number of benzene rings is 1. The summed E-state index contributed by atoms with van der Waals surface area (Å²) < 4.78 is 42.0. The Morgan fingerprint density at radius 2 is 1.88 bits per heavy atom. The summed E-state index contributed by atoms with van der Waals surface area (Å²) in [6.07, 6.45) is 3.07. The molecule has 11 heteroatoms. The molecule has 1 N–H and O–H groups in total. The summed E-state index contributed by atoms with van der Waals surface area (Å²) in [5.74, 6) is -0.665. The minimum atomic E-state index is -1.35. The molecule has 2 saturated heterocycles. The molecule has 0 radical (unpaired) electrons. The van der Waals surface area contributed by atoms with Gasteiger partial charge in [-0.3, -0.25) is 9.97 Å². The number of aromatic amines is 1. The van der Waals surface area contributed by atoms with Crippen molar-refractivity contribution < 1.29 is 28.2 Å². The fourth-order valence-electron chi connectivity index (χ4n) is 3.76. The van der Waals surface area contributed by atoms with Crippen molar-refractivity contribution in [1.82, 2.24) is 15.0 Å². The molecule has 2 fully saturated rings. The van der Waals surface area contributed by atoms with Crippen molar-refractivity contribution in [3.05, 3.63) is 48.3 Å². The molecule has 4 heterocycles. The molecule has 9 nitrogen and oxygen atoms in total. The SMILES string of the molecule is CC1(CCOc2ccnc(C[S+]([O-])c3nc4ccccc4[nH]3)c2)OCC2(CO1)OCCCO2.[NaH]. The molecule has 0 amide bonds. The van der Waals surface area contributed by atoms with Crippen LogP contribution < -0.4 is 4.74 Å². The van der Waals surface area contributed by atoms with Gasteiger partial charge in [-0.2, -0.15) is 4.98 Å². The minimum absolute atomic E-state index is 0. The summed E-state index contributed by atoms with van der Waals surface area (Å²) in [4.78, 5) is 11.8. The predicted molar refractivity (Wildman–Crippen MR) is 127 cm³/mol. The normalized spacial score (nSPS) is 20.1. The molecule has 5 rings (SSSR count). The molecule has 178 valence electrons. The van der Waals surface area contributed by atoms with Crippen molar-refractivity contribution in [2.24, 2.45) is 0 Å². The molecule has 0 aliphatic carbocycles. The van der Waals surface area contributed by atoms with Gasteiger partial charge in [-0.25, -0.2) is 0 Å². The maximum absolute atomic E-state index is 12.8. The first-order valence-corrected chi connectivity index (χ1v) is 12.3. The number of rotatable bonds is 7. The third-order valence-electron chi connectivity index (χ3n) is 5.69. The third kappa shape index (κ3) is 6.13. The Hall–Kier alpha value is -1.21. The molecule has 2 aromatic heterocycles. The topological polar surface area (TPSA) is 111 Å². The molecule has 34 heavy (non-hydrogen) atoms. The first-order valence-electron chi connectivity index (χ1n) is 11.0. The van der Waals surface area contributed by atoms with E-state index in [-0.39, 0.29) is 35.3 Å². The Morgan fingerprint density at radius 3 is 2.65 bits per heavy atom. The van der Waals surface area contributed by atoms with Gasteiger partial charge in [0.2, 0.25) is 5.79 Å². The maximum atomic E-state index is 12.8. The van der Waals surface area contributed by atoms with Gasteiger partial charge in [0.1, 0.15) is 19.0 Å². The second-order valence-corrected chi connectivity index (χ2v) is 9.67. The molecule has 1 spiro atoms. The molecule has 1 unspecified atom stereocenters.